The van der Waals surface area contributed by atoms with Gasteiger partial charge in [0.1, 0.15) is 5.75 Å². The molecule has 4 heteroatoms. The molecule has 190 valence electrons. The van der Waals surface area contributed by atoms with Crippen LogP contribution in [0.15, 0.2) is 102 Å². The molecule has 37 heavy (non-hydrogen) atoms. The summed E-state index contributed by atoms with van der Waals surface area (Å²) in [5, 5.41) is 23.3. The third kappa shape index (κ3) is 6.34. The summed E-state index contributed by atoms with van der Waals surface area (Å²) in [5.41, 5.74) is 4.70. The summed E-state index contributed by atoms with van der Waals surface area (Å²) in [7, 11) is 0. The zero-order chi connectivity index (χ0) is 24.8. The number of aromatic hydroxyl groups is 1. The molecule has 0 saturated carbocycles. The molecule has 0 aliphatic carbocycles. The maximum absolute atomic E-state index is 11.3. The van der Waals surface area contributed by atoms with E-state index >= 15 is 0 Å². The van der Waals surface area contributed by atoms with Gasteiger partial charge in [-0.25, -0.2) is 6.21 Å². The van der Waals surface area contributed by atoms with Gasteiger partial charge in [-0.15, -0.1) is 0 Å². The minimum Gasteiger partial charge on any atom is -0.814 e. The molecule has 0 amide bonds. The quantitative estimate of drug-likeness (QED) is 0.107. The molecule has 3 nitrogen and oxygen atoms in total. The fraction of sp³-hybridized carbons (Fsp3) is 0.121. The van der Waals surface area contributed by atoms with Gasteiger partial charge in [0.15, 0.2) is 0 Å². The van der Waals surface area contributed by atoms with Crippen LogP contribution in [0.4, 0.5) is 5.69 Å². The molecule has 0 radical (unpaired) electrons. The van der Waals surface area contributed by atoms with E-state index in [1.54, 1.807) is 13.1 Å². The van der Waals surface area contributed by atoms with E-state index in [4.69, 9.17) is 10.4 Å². The number of phenolic OH excluding ortho intramolecular Hbond substituents is 1. The Kier molecular flexibility index (Phi) is 10.8. The summed E-state index contributed by atoms with van der Waals surface area (Å²) in [6.45, 7) is 5.89. The van der Waals surface area contributed by atoms with E-state index < -0.39 is 0 Å². The SMILES string of the molecule is CC(C)c1ccccc1N=Cc1cccc(-c2c3ccccc3cc3ccccc23)c1O.CC=[N-].[CH3-].[Ni+2]. The number of benzene rings is 5. The second-order valence-electron chi connectivity index (χ2n) is 8.67. The van der Waals surface area contributed by atoms with Crippen LogP contribution in [0.3, 0.4) is 0 Å². The Morgan fingerprint density at radius 2 is 1.32 bits per heavy atom. The molecule has 0 saturated heterocycles. The van der Waals surface area contributed by atoms with E-state index in [0.29, 0.717) is 11.5 Å². The molecule has 0 aliphatic rings. The van der Waals surface area contributed by atoms with Crippen LogP contribution in [0.5, 0.6) is 5.75 Å². The van der Waals surface area contributed by atoms with Gasteiger partial charge in [-0.1, -0.05) is 99.6 Å². The van der Waals surface area contributed by atoms with E-state index in [2.05, 4.69) is 62.4 Å². The molecule has 0 aromatic heterocycles. The summed E-state index contributed by atoms with van der Waals surface area (Å²) < 4.78 is 0. The van der Waals surface area contributed by atoms with Crippen LogP contribution >= 0.6 is 0 Å². The summed E-state index contributed by atoms with van der Waals surface area (Å²) >= 11 is 0. The molecular weight excluding hydrogens is 499 g/mol. The molecular formula is C33H32N2NiO. The number of phenols is 1. The first-order chi connectivity index (χ1) is 17.0. The second kappa shape index (κ2) is 13.5. The smallest absolute Gasteiger partial charge is 0.814 e. The van der Waals surface area contributed by atoms with Crippen LogP contribution in [0.2, 0.25) is 0 Å². The standard InChI is InChI=1S/C30H25NO.C2H4N.CH3.Ni/c1-20(2)24-13-7-8-17-28(24)31-19-23-12-9-16-27(30(23)32)29-25-14-5-3-10-21(25)18-22-11-4-6-15-26(22)29;1-2-3;;/h3-20,32H,1-2H3;2H,1H3;1H3;/q;2*-1;+2. The molecule has 0 unspecified atom stereocenters. The number of fused-ring (bicyclic) bond motifs is 2. The van der Waals surface area contributed by atoms with Crippen molar-refractivity contribution in [2.45, 2.75) is 26.7 Å². The Bertz CT molecular complexity index is 1470. The van der Waals surface area contributed by atoms with Gasteiger partial charge in [-0.05, 0) is 51.2 Å². The second-order valence-corrected chi connectivity index (χ2v) is 8.67. The van der Waals surface area contributed by atoms with Gasteiger partial charge in [0.2, 0.25) is 0 Å². The molecule has 5 rings (SSSR count). The van der Waals surface area contributed by atoms with Gasteiger partial charge in [0.25, 0.3) is 0 Å². The Balaban J connectivity index is 0.000000919. The number of rotatable bonds is 4. The summed E-state index contributed by atoms with van der Waals surface area (Å²) in [6.07, 6.45) is 2.77. The van der Waals surface area contributed by atoms with Gasteiger partial charge >= 0.3 is 16.5 Å². The van der Waals surface area contributed by atoms with Crippen molar-refractivity contribution in [3.8, 4) is 16.9 Å². The Hall–Kier alpha value is -3.75. The van der Waals surface area contributed by atoms with Gasteiger partial charge in [0, 0.05) is 22.9 Å². The monoisotopic (exact) mass is 530 g/mol. The van der Waals surface area contributed by atoms with Gasteiger partial charge < -0.3 is 17.9 Å². The van der Waals surface area contributed by atoms with E-state index in [1.807, 2.05) is 48.5 Å². The number of para-hydroxylation sites is 2. The minimum atomic E-state index is 0. The van der Waals surface area contributed by atoms with Crippen molar-refractivity contribution in [1.29, 1.82) is 0 Å². The predicted molar refractivity (Wildman–Crippen MR) is 158 cm³/mol. The molecule has 5 aromatic rings. The Labute approximate surface area is 230 Å². The first-order valence-corrected chi connectivity index (χ1v) is 11.8. The third-order valence-electron chi connectivity index (χ3n) is 6.01. The first-order valence-electron chi connectivity index (χ1n) is 11.8. The average molecular weight is 531 g/mol. The average Bonchev–Trinajstić information content (AvgIpc) is 2.87. The summed E-state index contributed by atoms with van der Waals surface area (Å²) in [4.78, 5) is 4.73. The zero-order valence-electron chi connectivity index (χ0n) is 21.6. The van der Waals surface area contributed by atoms with Crippen molar-refractivity contribution in [3.63, 3.8) is 0 Å². The topological polar surface area (TPSA) is 54.9 Å². The molecule has 0 bridgehead atoms. The van der Waals surface area contributed by atoms with Crippen molar-refractivity contribution in [2.24, 2.45) is 4.99 Å². The molecule has 0 atom stereocenters. The fourth-order valence-corrected chi connectivity index (χ4v) is 4.40. The Morgan fingerprint density at radius 3 is 1.92 bits per heavy atom. The maximum Gasteiger partial charge on any atom is 2.00 e. The van der Waals surface area contributed by atoms with Gasteiger partial charge in [0.05, 0.1) is 5.69 Å². The predicted octanol–water partition coefficient (Wildman–Crippen LogP) is 9.33. The van der Waals surface area contributed by atoms with Gasteiger partial charge in [-0.2, -0.15) is 0 Å². The molecule has 5 aromatic carbocycles. The largest absolute Gasteiger partial charge is 2.00 e. The van der Waals surface area contributed by atoms with Crippen molar-refractivity contribution in [1.82, 2.24) is 0 Å². The molecule has 0 aliphatic heterocycles. The van der Waals surface area contributed by atoms with E-state index in [0.717, 1.165) is 44.6 Å². The van der Waals surface area contributed by atoms with Crippen LogP contribution in [-0.4, -0.2) is 17.5 Å². The van der Waals surface area contributed by atoms with Crippen molar-refractivity contribution < 1.29 is 21.6 Å². The van der Waals surface area contributed by atoms with E-state index in [9.17, 15) is 5.11 Å². The normalized spacial score (nSPS) is 10.5. The van der Waals surface area contributed by atoms with Crippen molar-refractivity contribution in [2.75, 3.05) is 0 Å². The molecule has 0 spiro atoms. The van der Waals surface area contributed by atoms with Crippen LogP contribution in [0, 0.1) is 7.43 Å². The van der Waals surface area contributed by atoms with Gasteiger partial charge in [-0.3, -0.25) is 4.99 Å². The van der Waals surface area contributed by atoms with Crippen molar-refractivity contribution in [3.05, 3.63) is 121 Å². The summed E-state index contributed by atoms with van der Waals surface area (Å²) in [6, 6.07) is 32.9. The number of nitrogens with zero attached hydrogens (tertiary/aromatic N) is 2. The maximum atomic E-state index is 11.3. The summed E-state index contributed by atoms with van der Waals surface area (Å²) in [5.74, 6) is 0.630. The van der Waals surface area contributed by atoms with Crippen molar-refractivity contribution >= 4 is 39.7 Å². The molecule has 0 heterocycles. The fourth-order valence-electron chi connectivity index (χ4n) is 4.40. The van der Waals surface area contributed by atoms with E-state index in [-0.39, 0.29) is 29.7 Å². The third-order valence-corrected chi connectivity index (χ3v) is 6.01. The molecule has 0 fully saturated rings. The number of hydrogen-bond donors (Lipinski definition) is 1. The number of aliphatic imine (C=N–C) groups is 1. The van der Waals surface area contributed by atoms with Crippen LogP contribution < -0.4 is 0 Å². The minimum absolute atomic E-state index is 0. The number of hydrogen-bond acceptors (Lipinski definition) is 2. The van der Waals surface area contributed by atoms with Crippen LogP contribution in [0.1, 0.15) is 37.8 Å². The zero-order valence-corrected chi connectivity index (χ0v) is 22.6. The van der Waals surface area contributed by atoms with Crippen LogP contribution in [-0.2, 0) is 16.5 Å². The Morgan fingerprint density at radius 1 is 0.784 bits per heavy atom. The van der Waals surface area contributed by atoms with E-state index in [1.165, 1.54) is 5.56 Å². The van der Waals surface area contributed by atoms with Crippen LogP contribution in [0.25, 0.3) is 38.1 Å². The first kappa shape index (κ1) is 29.5. The molecule has 1 N–H and O–H groups in total.